The Morgan fingerprint density at radius 2 is 1.90 bits per heavy atom. The maximum absolute atomic E-state index is 11.1. The fraction of sp³-hybridized carbons (Fsp3) is 0.250. The summed E-state index contributed by atoms with van der Waals surface area (Å²) in [5.41, 5.74) is 0.0216. The average molecular weight is 302 g/mol. The predicted molar refractivity (Wildman–Crippen MR) is 73.0 cm³/mol. The van der Waals surface area contributed by atoms with E-state index in [9.17, 15) is 14.4 Å². The third-order valence-corrected chi connectivity index (χ3v) is 1.62. The number of amides is 1. The Bertz CT molecular complexity index is 390. The van der Waals surface area contributed by atoms with Crippen molar-refractivity contribution in [3.63, 3.8) is 0 Å². The molecular formula is C12H16BKN2O4-2. The number of hydrogen-bond donors (Lipinski definition) is 3. The van der Waals surface area contributed by atoms with E-state index in [1.54, 1.807) is 0 Å². The molecule has 0 aliphatic rings. The Balaban J connectivity index is -0.000000357. The number of nitrogens with one attached hydrogen (secondary N) is 2. The molecular weight excluding hydrogens is 286 g/mol. The Labute approximate surface area is 162 Å². The predicted octanol–water partition coefficient (Wildman–Crippen LogP) is -3.28. The number of carbonyl (C=O) groups is 1. The van der Waals surface area contributed by atoms with Gasteiger partial charge in [-0.2, -0.15) is 0 Å². The van der Waals surface area contributed by atoms with Gasteiger partial charge in [-0.05, 0) is 6.07 Å². The van der Waals surface area contributed by atoms with E-state index < -0.39 is 5.91 Å². The van der Waals surface area contributed by atoms with Gasteiger partial charge in [0.05, 0.1) is 5.56 Å². The zero-order valence-electron chi connectivity index (χ0n) is 11.5. The summed E-state index contributed by atoms with van der Waals surface area (Å²) in [5.74, 6) is -0.417. The molecule has 104 valence electrons. The Hall–Kier alpha value is -0.249. The molecule has 0 unspecified atom stereocenters. The smallest absolute Gasteiger partial charge is 0.540 e. The normalized spacial score (nSPS) is 7.75. The van der Waals surface area contributed by atoms with Crippen LogP contribution in [-0.4, -0.2) is 36.8 Å². The van der Waals surface area contributed by atoms with Gasteiger partial charge in [0.2, 0.25) is 5.56 Å². The Morgan fingerprint density at radius 1 is 1.35 bits per heavy atom. The summed E-state index contributed by atoms with van der Waals surface area (Å²) in [6, 6.07) is 2.61. The monoisotopic (exact) mass is 302 g/mol. The van der Waals surface area contributed by atoms with Crippen LogP contribution in [0, 0.1) is 13.8 Å². The molecule has 0 spiro atoms. The number of aromatic amines is 1. The fourth-order valence-corrected chi connectivity index (χ4v) is 0.770. The maximum atomic E-state index is 11.1. The minimum atomic E-state index is -0.417. The maximum Gasteiger partial charge on any atom is 1.00 e. The van der Waals surface area contributed by atoms with Crippen LogP contribution in [-0.2, 0) is 4.79 Å². The molecule has 0 aromatic carbocycles. The molecule has 1 heterocycles. The van der Waals surface area contributed by atoms with Crippen LogP contribution in [0.1, 0.15) is 23.2 Å². The number of carbonyl (C=O) groups excluding carboxylic acids is 2. The first-order valence-electron chi connectivity index (χ1n) is 5.32. The largest absolute Gasteiger partial charge is 1.00 e. The zero-order valence-corrected chi connectivity index (χ0v) is 14.6. The van der Waals surface area contributed by atoms with Gasteiger partial charge in [-0.15, -0.1) is 0 Å². The van der Waals surface area contributed by atoms with Gasteiger partial charge < -0.3 is 34.0 Å². The number of unbranched alkanes of at least 4 members (excludes halogenated alkanes) is 1. The second kappa shape index (κ2) is 18.8. The first kappa shape index (κ1) is 24.7. The van der Waals surface area contributed by atoms with Crippen molar-refractivity contribution in [3.8, 4) is 0 Å². The van der Waals surface area contributed by atoms with E-state index in [-0.39, 0.29) is 63.5 Å². The fourth-order valence-electron chi connectivity index (χ4n) is 0.770. The van der Waals surface area contributed by atoms with Crippen molar-refractivity contribution >= 4 is 20.2 Å². The minimum absolute atomic E-state index is 0. The van der Waals surface area contributed by atoms with Crippen LogP contribution < -0.4 is 62.3 Å². The molecule has 0 fully saturated rings. The average Bonchev–Trinajstić information content (AvgIpc) is 2.48. The topological polar surface area (TPSA) is 99.3 Å². The molecule has 20 heavy (non-hydrogen) atoms. The van der Waals surface area contributed by atoms with E-state index in [1.165, 1.54) is 24.6 Å². The molecule has 0 saturated heterocycles. The van der Waals surface area contributed by atoms with E-state index in [4.69, 9.17) is 5.02 Å². The molecule has 8 heteroatoms. The molecule has 0 bridgehead atoms. The third kappa shape index (κ3) is 14.2. The van der Waals surface area contributed by atoms with E-state index in [2.05, 4.69) is 32.2 Å². The molecule has 1 aromatic heterocycles. The van der Waals surface area contributed by atoms with Crippen molar-refractivity contribution in [1.29, 1.82) is 0 Å². The van der Waals surface area contributed by atoms with Gasteiger partial charge in [0, 0.05) is 12.3 Å². The van der Waals surface area contributed by atoms with Crippen LogP contribution in [0.5, 0.6) is 0 Å². The van der Waals surface area contributed by atoms with Crippen molar-refractivity contribution < 1.29 is 66.0 Å². The number of aromatic nitrogens is 1. The van der Waals surface area contributed by atoms with Gasteiger partial charge >= 0.3 is 51.4 Å². The molecule has 6 nitrogen and oxygen atoms in total. The summed E-state index contributed by atoms with van der Waals surface area (Å²) in [6.45, 7) is 6.93. The molecule has 0 aliphatic carbocycles. The SMILES string of the molecule is O=[C-]CNC(=O)c1ccc(=O)[nH]c1.[B]O.[CH2-]CC[CH2-].[K+]. The van der Waals surface area contributed by atoms with E-state index in [0.29, 0.717) is 5.56 Å². The second-order valence-corrected chi connectivity index (χ2v) is 2.98. The van der Waals surface area contributed by atoms with Crippen LogP contribution in [0.4, 0.5) is 0 Å². The number of hydrogen-bond acceptors (Lipinski definition) is 4. The molecule has 1 amide bonds. The summed E-state index contributed by atoms with van der Waals surface area (Å²) in [7, 11) is 3.50. The van der Waals surface area contributed by atoms with Crippen LogP contribution in [0.2, 0.25) is 0 Å². The van der Waals surface area contributed by atoms with Crippen LogP contribution in [0.3, 0.4) is 0 Å². The first-order valence-corrected chi connectivity index (χ1v) is 5.32. The summed E-state index contributed by atoms with van der Waals surface area (Å²) in [5, 5.41) is 8.78. The van der Waals surface area contributed by atoms with E-state index in [0.717, 1.165) is 12.8 Å². The van der Waals surface area contributed by atoms with Crippen molar-refractivity contribution in [2.24, 2.45) is 0 Å². The zero-order chi connectivity index (χ0) is 15.1. The molecule has 1 rings (SSSR count). The molecule has 3 N–H and O–H groups in total. The Morgan fingerprint density at radius 3 is 2.25 bits per heavy atom. The third-order valence-electron chi connectivity index (χ3n) is 1.62. The van der Waals surface area contributed by atoms with Crippen LogP contribution >= 0.6 is 0 Å². The van der Waals surface area contributed by atoms with Gasteiger partial charge in [-0.1, -0.05) is 6.54 Å². The van der Waals surface area contributed by atoms with Gasteiger partial charge in [-0.25, -0.2) is 19.1 Å². The van der Waals surface area contributed by atoms with Gasteiger partial charge in [-0.3, -0.25) is 9.59 Å². The standard InChI is InChI=1S/C8H7N2O3.C4H8.BHO.K/c11-4-3-9-8(13)6-1-2-7(12)10-5-6;1-3-4-2;1-2;/h1-2,5H,3H2,(H,9,13)(H,10,12);1-4H2;2H;/q-1;-2;;+1. The first-order chi connectivity index (χ1) is 9.15. The summed E-state index contributed by atoms with van der Waals surface area (Å²) >= 11 is 0. The van der Waals surface area contributed by atoms with Crippen LogP contribution in [0.15, 0.2) is 23.1 Å². The summed E-state index contributed by atoms with van der Waals surface area (Å²) in [4.78, 5) is 33.9. The molecule has 0 aliphatic heterocycles. The van der Waals surface area contributed by atoms with Gasteiger partial charge in [0.25, 0.3) is 14.0 Å². The molecule has 0 saturated carbocycles. The quantitative estimate of drug-likeness (QED) is 0.401. The number of H-pyrrole nitrogens is 1. The Kier molecular flexibility index (Phi) is 23.2. The molecule has 2 radical (unpaired) electrons. The molecule has 1 aromatic rings. The second-order valence-electron chi connectivity index (χ2n) is 2.98. The van der Waals surface area contributed by atoms with Crippen molar-refractivity contribution in [1.82, 2.24) is 10.3 Å². The van der Waals surface area contributed by atoms with Crippen molar-refractivity contribution in [2.75, 3.05) is 6.54 Å². The van der Waals surface area contributed by atoms with Crippen LogP contribution in [0.25, 0.3) is 0 Å². The van der Waals surface area contributed by atoms with E-state index >= 15 is 0 Å². The minimum Gasteiger partial charge on any atom is -0.540 e. The van der Waals surface area contributed by atoms with Gasteiger partial charge in [0.1, 0.15) is 0 Å². The summed E-state index contributed by atoms with van der Waals surface area (Å²) in [6.07, 6.45) is 4.72. The van der Waals surface area contributed by atoms with Crippen molar-refractivity contribution in [2.45, 2.75) is 12.8 Å². The summed E-state index contributed by atoms with van der Waals surface area (Å²) < 4.78 is 0. The number of pyridine rings is 1. The van der Waals surface area contributed by atoms with Gasteiger partial charge in [0.15, 0.2) is 0 Å². The van der Waals surface area contributed by atoms with E-state index in [1.807, 2.05) is 0 Å². The van der Waals surface area contributed by atoms with Crippen molar-refractivity contribution in [3.05, 3.63) is 48.1 Å². The number of rotatable bonds is 4. The molecule has 0 atom stereocenters.